The van der Waals surface area contributed by atoms with E-state index in [1.165, 1.54) is 31.4 Å². The zero-order valence-corrected chi connectivity index (χ0v) is 25.2. The van der Waals surface area contributed by atoms with E-state index in [0.29, 0.717) is 24.7 Å². The molecule has 1 amide bonds. The number of furan rings is 1. The largest absolute Gasteiger partial charge is 0.482 e. The number of para-hydroxylation sites is 1. The Hall–Kier alpha value is -2.55. The summed E-state index contributed by atoms with van der Waals surface area (Å²) < 4.78 is 28.2. The van der Waals surface area contributed by atoms with Gasteiger partial charge in [0.15, 0.2) is 0 Å². The van der Waals surface area contributed by atoms with Crippen molar-refractivity contribution in [3.63, 3.8) is 0 Å². The summed E-state index contributed by atoms with van der Waals surface area (Å²) in [6, 6.07) is 10.3. The van der Waals surface area contributed by atoms with E-state index in [2.05, 4.69) is 49.0 Å². The Morgan fingerprint density at radius 2 is 1.98 bits per heavy atom. The van der Waals surface area contributed by atoms with E-state index in [9.17, 15) is 4.79 Å². The first-order valence-corrected chi connectivity index (χ1v) is 16.2. The Balaban J connectivity index is 1.04. The summed E-state index contributed by atoms with van der Waals surface area (Å²) in [7, 11) is -0.506. The van der Waals surface area contributed by atoms with Gasteiger partial charge in [-0.15, -0.1) is 0 Å². The van der Waals surface area contributed by atoms with E-state index in [1.54, 1.807) is 0 Å². The lowest BCUT2D eigenvalue weighted by molar-refractivity contribution is -0.199. The average Bonchev–Trinajstić information content (AvgIpc) is 3.68. The number of hydrogen-bond donors (Lipinski definition) is 1. The number of nitrogens with zero attached hydrogens (tertiary/aromatic N) is 1. The van der Waals surface area contributed by atoms with E-state index in [1.807, 2.05) is 24.5 Å². The molecule has 222 valence electrons. The van der Waals surface area contributed by atoms with E-state index in [-0.39, 0.29) is 34.6 Å². The highest BCUT2D eigenvalue weighted by Gasteiger charge is 2.68. The molecule has 6 aliphatic rings. The van der Waals surface area contributed by atoms with Crippen molar-refractivity contribution in [3.05, 3.63) is 59.6 Å². The number of benzene rings is 1. The third-order valence-electron chi connectivity index (χ3n) is 11.8. The van der Waals surface area contributed by atoms with Crippen molar-refractivity contribution in [3.8, 4) is 0 Å². The smallest absolute Gasteiger partial charge is 0.464 e. The van der Waals surface area contributed by atoms with Crippen molar-refractivity contribution in [2.75, 3.05) is 6.61 Å². The van der Waals surface area contributed by atoms with Crippen LogP contribution in [0, 0.1) is 17.3 Å². The fourth-order valence-electron chi connectivity index (χ4n) is 9.33. The van der Waals surface area contributed by atoms with Crippen LogP contribution < -0.4 is 5.32 Å². The van der Waals surface area contributed by atoms with Crippen LogP contribution >= 0.6 is 0 Å². The molecule has 1 N–H and O–H groups in total. The minimum atomic E-state index is -0.506. The molecule has 0 unspecified atom stereocenters. The minimum absolute atomic E-state index is 0.00814. The van der Waals surface area contributed by atoms with Gasteiger partial charge in [0.2, 0.25) is 5.91 Å². The van der Waals surface area contributed by atoms with Crippen molar-refractivity contribution >= 4 is 24.0 Å². The molecule has 42 heavy (non-hydrogen) atoms. The van der Waals surface area contributed by atoms with E-state index in [4.69, 9.17) is 18.5 Å². The van der Waals surface area contributed by atoms with Gasteiger partial charge in [-0.25, -0.2) is 0 Å². The summed E-state index contributed by atoms with van der Waals surface area (Å²) in [4.78, 5) is 13.7. The highest BCUT2D eigenvalue weighted by Crippen LogP contribution is 2.65. The third kappa shape index (κ3) is 4.15. The van der Waals surface area contributed by atoms with Gasteiger partial charge in [-0.1, -0.05) is 51.3 Å². The number of fused-ring (bicyclic) bond motifs is 3. The molecule has 4 aliphatic carbocycles. The van der Waals surface area contributed by atoms with Crippen molar-refractivity contribution in [2.45, 2.75) is 108 Å². The summed E-state index contributed by atoms with van der Waals surface area (Å²) in [6.07, 6.45) is 13.0. The maximum Gasteiger partial charge on any atom is 0.482 e. The summed E-state index contributed by atoms with van der Waals surface area (Å²) in [5.41, 5.74) is 3.95. The summed E-state index contributed by atoms with van der Waals surface area (Å²) in [6.45, 7) is 8.57. The van der Waals surface area contributed by atoms with Crippen LogP contribution in [0.2, 0.25) is 0 Å². The highest BCUT2D eigenvalue weighted by atomic mass is 16.7. The fraction of sp³-hybridized carbons (Fsp3) is 0.618. The van der Waals surface area contributed by atoms with Gasteiger partial charge >= 0.3 is 7.12 Å². The number of ether oxygens (including phenoxy) is 1. The highest BCUT2D eigenvalue weighted by molar-refractivity contribution is 6.48. The number of nitrogens with one attached hydrogen (secondary N) is 1. The molecule has 7 nitrogen and oxygen atoms in total. The second-order valence-corrected chi connectivity index (χ2v) is 14.5. The molecule has 1 spiro atoms. The summed E-state index contributed by atoms with van der Waals surface area (Å²) in [5.74, 6) is 0.802. The lowest BCUT2D eigenvalue weighted by Crippen LogP contribution is -2.65. The summed E-state index contributed by atoms with van der Waals surface area (Å²) >= 11 is 0. The van der Waals surface area contributed by atoms with Crippen molar-refractivity contribution in [1.82, 2.24) is 9.88 Å². The number of carbonyl (C=O) groups is 1. The zero-order chi connectivity index (χ0) is 28.7. The van der Waals surface area contributed by atoms with Crippen LogP contribution in [-0.2, 0) is 43.8 Å². The molecule has 1 saturated heterocycles. The molecule has 3 aromatic rings. The monoisotopic (exact) mass is 570 g/mol. The molecule has 8 heteroatoms. The lowest BCUT2D eigenvalue weighted by atomic mass is 9.43. The van der Waals surface area contributed by atoms with Gasteiger partial charge in [0.25, 0.3) is 0 Å². The fourth-order valence-corrected chi connectivity index (χ4v) is 9.33. The van der Waals surface area contributed by atoms with E-state index in [0.717, 1.165) is 54.5 Å². The van der Waals surface area contributed by atoms with Gasteiger partial charge in [-0.2, -0.15) is 0 Å². The summed E-state index contributed by atoms with van der Waals surface area (Å²) in [5, 5.41) is 4.44. The van der Waals surface area contributed by atoms with Crippen molar-refractivity contribution in [2.24, 2.45) is 17.3 Å². The number of rotatable bonds is 6. The zero-order valence-electron chi connectivity index (χ0n) is 25.2. The molecule has 0 radical (unpaired) electrons. The van der Waals surface area contributed by atoms with E-state index < -0.39 is 7.12 Å². The number of hydrogen-bond acceptors (Lipinski definition) is 5. The molecular weight excluding hydrogens is 527 g/mol. The molecule has 2 aliphatic heterocycles. The normalized spacial score (nSPS) is 31.4. The molecular formula is C34H43BN2O5. The van der Waals surface area contributed by atoms with Gasteiger partial charge in [0.1, 0.15) is 11.2 Å². The first-order valence-electron chi connectivity index (χ1n) is 16.2. The molecule has 4 saturated carbocycles. The Labute approximate surface area is 248 Å². The van der Waals surface area contributed by atoms with E-state index >= 15 is 0 Å². The van der Waals surface area contributed by atoms with Gasteiger partial charge in [-0.3, -0.25) is 4.79 Å². The van der Waals surface area contributed by atoms with Crippen LogP contribution in [0.5, 0.6) is 0 Å². The Kier molecular flexibility index (Phi) is 6.26. The maximum atomic E-state index is 13.7. The van der Waals surface area contributed by atoms with Gasteiger partial charge < -0.3 is 28.3 Å². The molecule has 4 heterocycles. The molecule has 2 bridgehead atoms. The second-order valence-electron chi connectivity index (χ2n) is 14.5. The Morgan fingerprint density at radius 3 is 2.81 bits per heavy atom. The number of amides is 1. The standard InChI is InChI=1S/C34H43BN2O5/c1-32(2)24-18-27(32)33(3)29(19-24)41-35(42-33)30(17-23-21-39-26-10-6-5-9-25(23)26)36-31(38)16-22-15-28-34(11-7-4-8-12-34)40-14-13-37(28)20-22/h5-6,9-10,15,20-21,24,27,29-30H,4,7-8,11-14,16-19H2,1-3H3,(H,36,38)/t24-,27-,29+,30-,33-/m0/s1. The number of aromatic nitrogens is 1. The molecule has 9 rings (SSSR count). The average molecular weight is 571 g/mol. The van der Waals surface area contributed by atoms with Crippen molar-refractivity contribution < 1.29 is 23.3 Å². The number of carbonyl (C=O) groups excluding carboxylic acids is 1. The SMILES string of the molecule is CC1(C)[C@@H]2C[C@H]3OB([C@H](Cc4coc5ccccc45)NC(=O)Cc4cc5n(c4)CCOC54CCCCC4)O[C@@]3(C)[C@H]1C2. The predicted octanol–water partition coefficient (Wildman–Crippen LogP) is 5.96. The van der Waals surface area contributed by atoms with Crippen LogP contribution in [0.15, 0.2) is 47.2 Å². The molecule has 2 aromatic heterocycles. The first kappa shape index (κ1) is 27.0. The van der Waals surface area contributed by atoms with Gasteiger partial charge in [0.05, 0.1) is 42.6 Å². The van der Waals surface area contributed by atoms with Gasteiger partial charge in [0, 0.05) is 18.1 Å². The van der Waals surface area contributed by atoms with Crippen LogP contribution in [-0.4, -0.2) is 41.8 Å². The molecule has 5 fully saturated rings. The van der Waals surface area contributed by atoms with Gasteiger partial charge in [-0.05, 0) is 79.5 Å². The Morgan fingerprint density at radius 1 is 1.14 bits per heavy atom. The Bertz CT molecular complexity index is 1500. The molecule has 5 atom stereocenters. The van der Waals surface area contributed by atoms with Crippen LogP contribution in [0.25, 0.3) is 11.0 Å². The topological polar surface area (TPSA) is 74.9 Å². The second kappa shape index (κ2) is 9.73. The van der Waals surface area contributed by atoms with Crippen LogP contribution in [0.1, 0.15) is 82.5 Å². The minimum Gasteiger partial charge on any atom is -0.464 e. The third-order valence-corrected chi connectivity index (χ3v) is 11.8. The van der Waals surface area contributed by atoms with Crippen molar-refractivity contribution in [1.29, 1.82) is 0 Å². The first-order chi connectivity index (χ1) is 20.2. The lowest BCUT2D eigenvalue weighted by Gasteiger charge is -2.64. The van der Waals surface area contributed by atoms with Crippen LogP contribution in [0.3, 0.4) is 0 Å². The molecule has 1 aromatic carbocycles. The maximum absolute atomic E-state index is 13.7. The quantitative estimate of drug-likeness (QED) is 0.370. The predicted molar refractivity (Wildman–Crippen MR) is 161 cm³/mol. The van der Waals surface area contributed by atoms with Crippen LogP contribution in [0.4, 0.5) is 0 Å².